The first-order valence-corrected chi connectivity index (χ1v) is 8.00. The van der Waals surface area contributed by atoms with Crippen LogP contribution >= 0.6 is 0 Å². The fourth-order valence-electron chi connectivity index (χ4n) is 2.73. The molecule has 0 atom stereocenters. The van der Waals surface area contributed by atoms with Gasteiger partial charge in [0.25, 0.3) is 0 Å². The number of pyridine rings is 1. The second-order valence-electron chi connectivity index (χ2n) is 5.57. The van der Waals surface area contributed by atoms with Crippen molar-refractivity contribution in [1.29, 1.82) is 0 Å². The van der Waals surface area contributed by atoms with Gasteiger partial charge in [-0.25, -0.2) is 4.98 Å². The Hall–Kier alpha value is -2.62. The summed E-state index contributed by atoms with van der Waals surface area (Å²) < 4.78 is 2.03. The van der Waals surface area contributed by atoms with Crippen molar-refractivity contribution in [2.24, 2.45) is 0 Å². The molecule has 0 aliphatic heterocycles. The molecule has 0 spiro atoms. The molecule has 118 valence electrons. The van der Waals surface area contributed by atoms with Crippen molar-refractivity contribution in [2.45, 2.75) is 26.3 Å². The highest BCUT2D eigenvalue weighted by atomic mass is 16.2. The van der Waals surface area contributed by atoms with Crippen LogP contribution in [-0.2, 0) is 17.8 Å². The normalized spacial score (nSPS) is 10.8. The summed E-state index contributed by atoms with van der Waals surface area (Å²) in [5, 5.41) is 0. The molecule has 3 aromatic rings. The lowest BCUT2D eigenvalue weighted by Crippen LogP contribution is -2.30. The summed E-state index contributed by atoms with van der Waals surface area (Å²) in [5.74, 6) is 0.183. The van der Waals surface area contributed by atoms with E-state index in [1.54, 1.807) is 0 Å². The van der Waals surface area contributed by atoms with Crippen molar-refractivity contribution >= 4 is 11.6 Å². The summed E-state index contributed by atoms with van der Waals surface area (Å²) in [6.07, 6.45) is 5.15. The van der Waals surface area contributed by atoms with Gasteiger partial charge in [0.05, 0.1) is 18.4 Å². The van der Waals surface area contributed by atoms with Gasteiger partial charge in [-0.15, -0.1) is 0 Å². The molecule has 1 aromatic carbocycles. The van der Waals surface area contributed by atoms with Crippen LogP contribution in [0.2, 0.25) is 0 Å². The van der Waals surface area contributed by atoms with E-state index in [1.807, 2.05) is 65.0 Å². The van der Waals surface area contributed by atoms with E-state index in [1.165, 1.54) is 5.56 Å². The molecular formula is C19H21N3O. The van der Waals surface area contributed by atoms with Crippen LogP contribution in [0.1, 0.15) is 24.6 Å². The number of aryl methyl sites for hydroxylation is 1. The second-order valence-corrected chi connectivity index (χ2v) is 5.57. The molecule has 0 saturated heterocycles. The number of nitrogens with zero attached hydrogens (tertiary/aromatic N) is 3. The summed E-state index contributed by atoms with van der Waals surface area (Å²) in [4.78, 5) is 18.8. The van der Waals surface area contributed by atoms with Gasteiger partial charge in [-0.2, -0.15) is 0 Å². The predicted molar refractivity (Wildman–Crippen MR) is 91.0 cm³/mol. The van der Waals surface area contributed by atoms with Crippen LogP contribution < -0.4 is 0 Å². The maximum absolute atomic E-state index is 12.5. The van der Waals surface area contributed by atoms with Crippen molar-refractivity contribution in [1.82, 2.24) is 14.3 Å². The van der Waals surface area contributed by atoms with Gasteiger partial charge in [0, 0.05) is 19.2 Å². The lowest BCUT2D eigenvalue weighted by Gasteiger charge is -2.20. The Kier molecular flexibility index (Phi) is 4.71. The number of hydrogen-bond donors (Lipinski definition) is 0. The van der Waals surface area contributed by atoms with Gasteiger partial charge in [0.1, 0.15) is 5.65 Å². The molecule has 0 N–H and O–H groups in total. The zero-order chi connectivity index (χ0) is 16.1. The molecule has 0 fully saturated rings. The van der Waals surface area contributed by atoms with Crippen LogP contribution in [0.3, 0.4) is 0 Å². The van der Waals surface area contributed by atoms with Gasteiger partial charge in [-0.3, -0.25) is 4.79 Å². The molecule has 3 rings (SSSR count). The summed E-state index contributed by atoms with van der Waals surface area (Å²) in [6, 6.07) is 16.1. The Morgan fingerprint density at radius 1 is 1.13 bits per heavy atom. The quantitative estimate of drug-likeness (QED) is 0.700. The lowest BCUT2D eigenvalue weighted by molar-refractivity contribution is -0.131. The number of aromatic nitrogens is 2. The Morgan fingerprint density at radius 3 is 2.70 bits per heavy atom. The van der Waals surface area contributed by atoms with E-state index >= 15 is 0 Å². The van der Waals surface area contributed by atoms with E-state index in [9.17, 15) is 4.79 Å². The number of fused-ring (bicyclic) bond motifs is 1. The summed E-state index contributed by atoms with van der Waals surface area (Å²) in [5.41, 5.74) is 3.15. The number of rotatable bonds is 6. The van der Waals surface area contributed by atoms with Crippen molar-refractivity contribution in [3.63, 3.8) is 0 Å². The second kappa shape index (κ2) is 7.09. The number of amides is 1. The molecule has 4 heteroatoms. The Labute approximate surface area is 136 Å². The minimum Gasteiger partial charge on any atom is -0.337 e. The molecule has 23 heavy (non-hydrogen) atoms. The first kappa shape index (κ1) is 15.3. The molecule has 0 aliphatic carbocycles. The van der Waals surface area contributed by atoms with Crippen molar-refractivity contribution < 1.29 is 4.79 Å². The number of hydrogen-bond acceptors (Lipinski definition) is 2. The van der Waals surface area contributed by atoms with Gasteiger partial charge in [0.2, 0.25) is 5.91 Å². The lowest BCUT2D eigenvalue weighted by atomic mass is 10.1. The molecule has 0 saturated carbocycles. The number of imidazole rings is 1. The first-order chi connectivity index (χ1) is 11.3. The highest BCUT2D eigenvalue weighted by Crippen LogP contribution is 2.11. The maximum Gasteiger partial charge on any atom is 0.223 e. The fraction of sp³-hybridized carbons (Fsp3) is 0.263. The number of carbonyl (C=O) groups excluding carboxylic acids is 1. The average Bonchev–Trinajstić information content (AvgIpc) is 3.01. The zero-order valence-electron chi connectivity index (χ0n) is 13.4. The third kappa shape index (κ3) is 3.59. The van der Waals surface area contributed by atoms with Gasteiger partial charge in [0.15, 0.2) is 0 Å². The minimum atomic E-state index is 0.183. The molecular weight excluding hydrogens is 286 g/mol. The average molecular weight is 307 g/mol. The van der Waals surface area contributed by atoms with E-state index < -0.39 is 0 Å². The molecule has 0 aliphatic rings. The summed E-state index contributed by atoms with van der Waals surface area (Å²) >= 11 is 0. The maximum atomic E-state index is 12.5. The van der Waals surface area contributed by atoms with E-state index in [2.05, 4.69) is 17.1 Å². The van der Waals surface area contributed by atoms with Crippen LogP contribution in [0.4, 0.5) is 0 Å². The first-order valence-electron chi connectivity index (χ1n) is 8.00. The molecule has 0 radical (unpaired) electrons. The molecule has 0 unspecified atom stereocenters. The van der Waals surface area contributed by atoms with E-state index in [4.69, 9.17) is 0 Å². The van der Waals surface area contributed by atoms with Crippen LogP contribution in [0.15, 0.2) is 60.9 Å². The van der Waals surface area contributed by atoms with Crippen molar-refractivity contribution in [3.05, 3.63) is 72.2 Å². The van der Waals surface area contributed by atoms with Gasteiger partial charge >= 0.3 is 0 Å². The zero-order valence-corrected chi connectivity index (χ0v) is 13.4. The van der Waals surface area contributed by atoms with Crippen LogP contribution in [0, 0.1) is 0 Å². The van der Waals surface area contributed by atoms with Crippen molar-refractivity contribution in [3.8, 4) is 0 Å². The van der Waals surface area contributed by atoms with Crippen LogP contribution in [-0.4, -0.2) is 26.7 Å². The Balaban J connectivity index is 1.66. The molecule has 1 amide bonds. The Bertz CT molecular complexity index is 779. The van der Waals surface area contributed by atoms with Gasteiger partial charge in [-0.1, -0.05) is 36.4 Å². The molecule has 4 nitrogen and oxygen atoms in total. The van der Waals surface area contributed by atoms with Gasteiger partial charge in [-0.05, 0) is 31.0 Å². The smallest absolute Gasteiger partial charge is 0.223 e. The van der Waals surface area contributed by atoms with E-state index in [0.29, 0.717) is 19.5 Å². The van der Waals surface area contributed by atoms with Crippen molar-refractivity contribution in [2.75, 3.05) is 6.54 Å². The standard InChI is InChI=1S/C19H21N3O/c1-2-21(19(23)12-11-16-8-4-3-5-9-16)15-17-14-20-18-10-6-7-13-22(17)18/h3-10,13-14H,2,11-12,15H2,1H3. The minimum absolute atomic E-state index is 0.183. The number of carbonyl (C=O) groups is 1. The summed E-state index contributed by atoms with van der Waals surface area (Å²) in [6.45, 7) is 3.31. The highest BCUT2D eigenvalue weighted by molar-refractivity contribution is 5.76. The predicted octanol–water partition coefficient (Wildman–Crippen LogP) is 3.32. The SMILES string of the molecule is CCN(Cc1cnc2ccccn12)C(=O)CCc1ccccc1. The van der Waals surface area contributed by atoms with Crippen LogP contribution in [0.5, 0.6) is 0 Å². The third-order valence-corrected chi connectivity index (χ3v) is 4.05. The highest BCUT2D eigenvalue weighted by Gasteiger charge is 2.14. The fourth-order valence-corrected chi connectivity index (χ4v) is 2.73. The molecule has 0 bridgehead atoms. The topological polar surface area (TPSA) is 37.6 Å². The summed E-state index contributed by atoms with van der Waals surface area (Å²) in [7, 11) is 0. The Morgan fingerprint density at radius 2 is 1.91 bits per heavy atom. The largest absolute Gasteiger partial charge is 0.337 e. The monoisotopic (exact) mass is 307 g/mol. The molecule has 2 aromatic heterocycles. The van der Waals surface area contributed by atoms with Gasteiger partial charge < -0.3 is 9.30 Å². The van der Waals surface area contributed by atoms with Crippen LogP contribution in [0.25, 0.3) is 5.65 Å². The van der Waals surface area contributed by atoms with E-state index in [-0.39, 0.29) is 5.91 Å². The number of benzene rings is 1. The van der Waals surface area contributed by atoms with E-state index in [0.717, 1.165) is 17.8 Å². The third-order valence-electron chi connectivity index (χ3n) is 4.05. The molecule has 2 heterocycles.